The van der Waals surface area contributed by atoms with Crippen molar-refractivity contribution in [1.82, 2.24) is 9.78 Å². The van der Waals surface area contributed by atoms with Gasteiger partial charge < -0.3 is 5.32 Å². The van der Waals surface area contributed by atoms with Gasteiger partial charge in [0.25, 0.3) is 0 Å². The van der Waals surface area contributed by atoms with Gasteiger partial charge in [-0.15, -0.1) is 0 Å². The van der Waals surface area contributed by atoms with Crippen molar-refractivity contribution in [1.29, 1.82) is 5.26 Å². The lowest BCUT2D eigenvalue weighted by Crippen LogP contribution is -2.08. The number of hydrogen-bond donors (Lipinski definition) is 1. The number of halogens is 1. The van der Waals surface area contributed by atoms with Gasteiger partial charge in [0.05, 0.1) is 12.3 Å². The van der Waals surface area contributed by atoms with E-state index in [0.29, 0.717) is 5.69 Å². The van der Waals surface area contributed by atoms with Crippen LogP contribution in [0, 0.1) is 24.1 Å². The number of anilines is 1. The Labute approximate surface area is 117 Å². The van der Waals surface area contributed by atoms with Crippen LogP contribution in [0.4, 0.5) is 10.1 Å². The summed E-state index contributed by atoms with van der Waals surface area (Å²) in [5.41, 5.74) is 2.16. The predicted molar refractivity (Wildman–Crippen MR) is 75.7 cm³/mol. The van der Waals surface area contributed by atoms with Crippen LogP contribution >= 0.6 is 0 Å². The first-order chi connectivity index (χ1) is 9.49. The van der Waals surface area contributed by atoms with Gasteiger partial charge in [-0.25, -0.2) is 4.39 Å². The standard InChI is InChI=1S/C15H17FN4/c1-10(2)20-9-12(8-18-20)15(7-17)19-14-5-11(3)4-13(16)6-14/h4-6,8-10,15,19H,1-3H3. The number of rotatable bonds is 4. The van der Waals surface area contributed by atoms with Gasteiger partial charge in [-0.3, -0.25) is 4.68 Å². The molecule has 1 aromatic carbocycles. The Morgan fingerprint density at radius 3 is 2.65 bits per heavy atom. The van der Waals surface area contributed by atoms with E-state index in [1.165, 1.54) is 12.1 Å². The fourth-order valence-electron chi connectivity index (χ4n) is 1.96. The number of nitrogens with zero attached hydrogens (tertiary/aromatic N) is 3. The van der Waals surface area contributed by atoms with Crippen LogP contribution in [0.3, 0.4) is 0 Å². The van der Waals surface area contributed by atoms with Crippen molar-refractivity contribution in [2.24, 2.45) is 0 Å². The highest BCUT2D eigenvalue weighted by molar-refractivity contribution is 5.49. The Hall–Kier alpha value is -2.35. The molecule has 1 N–H and O–H groups in total. The normalized spacial score (nSPS) is 12.2. The zero-order chi connectivity index (χ0) is 14.7. The lowest BCUT2D eigenvalue weighted by atomic mass is 10.1. The molecule has 1 atom stereocenters. The number of benzene rings is 1. The molecule has 1 unspecified atom stereocenters. The van der Waals surface area contributed by atoms with Crippen molar-refractivity contribution in [2.75, 3.05) is 5.32 Å². The summed E-state index contributed by atoms with van der Waals surface area (Å²) >= 11 is 0. The summed E-state index contributed by atoms with van der Waals surface area (Å²) in [6.45, 7) is 5.84. The molecule has 0 amide bonds. The van der Waals surface area contributed by atoms with E-state index in [4.69, 9.17) is 0 Å². The summed E-state index contributed by atoms with van der Waals surface area (Å²) in [4.78, 5) is 0. The van der Waals surface area contributed by atoms with Crippen LogP contribution in [0.25, 0.3) is 0 Å². The quantitative estimate of drug-likeness (QED) is 0.925. The van der Waals surface area contributed by atoms with E-state index >= 15 is 0 Å². The van der Waals surface area contributed by atoms with Crippen molar-refractivity contribution in [3.8, 4) is 6.07 Å². The summed E-state index contributed by atoms with van der Waals surface area (Å²) in [6, 6.07) is 6.49. The van der Waals surface area contributed by atoms with Crippen LogP contribution in [0.1, 0.15) is 37.1 Å². The molecule has 1 aromatic heterocycles. The highest BCUT2D eigenvalue weighted by atomic mass is 19.1. The predicted octanol–water partition coefficient (Wildman–Crippen LogP) is 3.59. The molecule has 4 nitrogen and oxygen atoms in total. The molecule has 0 saturated carbocycles. The van der Waals surface area contributed by atoms with Crippen molar-refractivity contribution in [3.63, 3.8) is 0 Å². The molecule has 0 spiro atoms. The molecule has 5 heteroatoms. The van der Waals surface area contributed by atoms with Crippen LogP contribution in [-0.2, 0) is 0 Å². The molecule has 0 aliphatic rings. The van der Waals surface area contributed by atoms with Crippen LogP contribution in [-0.4, -0.2) is 9.78 Å². The van der Waals surface area contributed by atoms with Gasteiger partial charge in [-0.2, -0.15) is 10.4 Å². The smallest absolute Gasteiger partial charge is 0.143 e. The number of hydrogen-bond acceptors (Lipinski definition) is 3. The molecule has 1 heterocycles. The molecule has 104 valence electrons. The monoisotopic (exact) mass is 272 g/mol. The first-order valence-corrected chi connectivity index (χ1v) is 6.47. The summed E-state index contributed by atoms with van der Waals surface area (Å²) < 4.78 is 15.1. The maximum atomic E-state index is 13.4. The van der Waals surface area contributed by atoms with E-state index in [0.717, 1.165) is 11.1 Å². The van der Waals surface area contributed by atoms with Crippen LogP contribution in [0.5, 0.6) is 0 Å². The third-order valence-electron chi connectivity index (χ3n) is 2.97. The molecule has 20 heavy (non-hydrogen) atoms. The summed E-state index contributed by atoms with van der Waals surface area (Å²) in [6.07, 6.45) is 3.49. The van der Waals surface area contributed by atoms with E-state index in [1.54, 1.807) is 16.9 Å². The fraction of sp³-hybridized carbons (Fsp3) is 0.333. The number of aromatic nitrogens is 2. The SMILES string of the molecule is Cc1cc(F)cc(NC(C#N)c2cnn(C(C)C)c2)c1. The largest absolute Gasteiger partial charge is 0.366 e. The minimum absolute atomic E-state index is 0.236. The van der Waals surface area contributed by atoms with E-state index < -0.39 is 6.04 Å². The fourth-order valence-corrected chi connectivity index (χ4v) is 1.96. The van der Waals surface area contributed by atoms with Crippen molar-refractivity contribution < 1.29 is 4.39 Å². The van der Waals surface area contributed by atoms with Gasteiger partial charge >= 0.3 is 0 Å². The Balaban J connectivity index is 2.22. The van der Waals surface area contributed by atoms with Crippen LogP contribution in [0.15, 0.2) is 30.6 Å². The summed E-state index contributed by atoms with van der Waals surface area (Å²) in [7, 11) is 0. The third kappa shape index (κ3) is 3.15. The third-order valence-corrected chi connectivity index (χ3v) is 2.97. The molecule has 0 saturated heterocycles. The van der Waals surface area contributed by atoms with E-state index in [9.17, 15) is 9.65 Å². The van der Waals surface area contributed by atoms with E-state index in [2.05, 4.69) is 16.5 Å². The maximum absolute atomic E-state index is 13.4. The number of aryl methyl sites for hydroxylation is 1. The average Bonchev–Trinajstić information content (AvgIpc) is 2.84. The van der Waals surface area contributed by atoms with Gasteiger partial charge in [-0.05, 0) is 44.5 Å². The van der Waals surface area contributed by atoms with Crippen LogP contribution in [0.2, 0.25) is 0 Å². The topological polar surface area (TPSA) is 53.6 Å². The average molecular weight is 272 g/mol. The zero-order valence-corrected chi connectivity index (χ0v) is 11.8. The second kappa shape index (κ2) is 5.74. The Morgan fingerprint density at radius 1 is 1.35 bits per heavy atom. The highest BCUT2D eigenvalue weighted by Crippen LogP contribution is 2.21. The van der Waals surface area contributed by atoms with Crippen molar-refractivity contribution in [3.05, 3.63) is 47.5 Å². The summed E-state index contributed by atoms with van der Waals surface area (Å²) in [5, 5.41) is 16.5. The lowest BCUT2D eigenvalue weighted by Gasteiger charge is -2.12. The molecule has 0 aliphatic carbocycles. The van der Waals surface area contributed by atoms with Gasteiger partial charge in [0.15, 0.2) is 0 Å². The minimum atomic E-state index is -0.552. The molecule has 2 rings (SSSR count). The molecular formula is C15H17FN4. The Morgan fingerprint density at radius 2 is 2.10 bits per heavy atom. The maximum Gasteiger partial charge on any atom is 0.143 e. The Kier molecular flexibility index (Phi) is 4.04. The van der Waals surface area contributed by atoms with Gasteiger partial charge in [0, 0.05) is 23.5 Å². The minimum Gasteiger partial charge on any atom is -0.366 e. The molecule has 0 bridgehead atoms. The summed E-state index contributed by atoms with van der Waals surface area (Å²) in [5.74, 6) is -0.318. The first-order valence-electron chi connectivity index (χ1n) is 6.47. The highest BCUT2D eigenvalue weighted by Gasteiger charge is 2.14. The molecule has 0 fully saturated rings. The van der Waals surface area contributed by atoms with Crippen molar-refractivity contribution in [2.45, 2.75) is 32.9 Å². The molecular weight excluding hydrogens is 255 g/mol. The van der Waals surface area contributed by atoms with E-state index in [1.807, 2.05) is 27.0 Å². The lowest BCUT2D eigenvalue weighted by molar-refractivity contribution is 0.532. The molecule has 0 aliphatic heterocycles. The Bertz CT molecular complexity index is 619. The van der Waals surface area contributed by atoms with Gasteiger partial charge in [0.1, 0.15) is 11.9 Å². The van der Waals surface area contributed by atoms with E-state index in [-0.39, 0.29) is 11.9 Å². The second-order valence-electron chi connectivity index (χ2n) is 5.07. The second-order valence-corrected chi connectivity index (χ2v) is 5.07. The zero-order valence-electron chi connectivity index (χ0n) is 11.8. The van der Waals surface area contributed by atoms with Gasteiger partial charge in [0.2, 0.25) is 0 Å². The van der Waals surface area contributed by atoms with Crippen molar-refractivity contribution >= 4 is 5.69 Å². The van der Waals surface area contributed by atoms with Crippen LogP contribution < -0.4 is 5.32 Å². The van der Waals surface area contributed by atoms with Gasteiger partial charge in [-0.1, -0.05) is 0 Å². The first kappa shape index (κ1) is 14.1. The molecule has 2 aromatic rings. The number of nitriles is 1. The molecule has 0 radical (unpaired) electrons. The number of nitrogens with one attached hydrogen (secondary N) is 1.